The molecule has 0 saturated carbocycles. The molecule has 0 radical (unpaired) electrons. The summed E-state index contributed by atoms with van der Waals surface area (Å²) in [6, 6.07) is 0. The van der Waals surface area contributed by atoms with Gasteiger partial charge in [0.25, 0.3) is 0 Å². The Balaban J connectivity index is 3.10. The van der Waals surface area contributed by atoms with Gasteiger partial charge in [0, 0.05) is 0 Å². The van der Waals surface area contributed by atoms with Gasteiger partial charge in [-0.25, -0.2) is 0 Å². The zero-order valence-electron chi connectivity index (χ0n) is 5.82. The minimum atomic E-state index is 0.280. The summed E-state index contributed by atoms with van der Waals surface area (Å²) in [6.07, 6.45) is 1.30. The first-order valence-corrected chi connectivity index (χ1v) is 5.53. The Morgan fingerprint density at radius 3 is 2.12 bits per heavy atom. The summed E-state index contributed by atoms with van der Waals surface area (Å²) < 4.78 is 1.40. The van der Waals surface area contributed by atoms with Gasteiger partial charge in [-0.3, -0.25) is 0 Å². The molecule has 0 aliphatic rings. The molecule has 0 spiro atoms. The summed E-state index contributed by atoms with van der Waals surface area (Å²) >= 11 is 0.280. The molecule has 0 rings (SSSR count). The second kappa shape index (κ2) is 4.56. The Morgan fingerprint density at radius 1 is 1.50 bits per heavy atom. The predicted octanol–water partition coefficient (Wildman–Crippen LogP) is -1.82. The van der Waals surface area contributed by atoms with E-state index in [0.29, 0.717) is 4.05 Å². The van der Waals surface area contributed by atoms with Crippen LogP contribution >= 0.6 is 0 Å². The molecule has 2 heteroatoms. The first-order valence-electron chi connectivity index (χ1n) is 3.04. The normalized spacial score (nSPS) is 18.5. The zero-order chi connectivity index (χ0) is 6.57. The Kier molecular flexibility index (Phi) is 4.95. The second-order valence-corrected chi connectivity index (χ2v) is 6.80. The standard InChI is InChI=1S/C6H15IN/c1-4-5(2)7-6(3)8/h5-6H,4,8H2,1-3H3/q-1. The molecule has 0 heterocycles. The molecule has 0 aliphatic carbocycles. The predicted molar refractivity (Wildman–Crippen MR) is 33.4 cm³/mol. The van der Waals surface area contributed by atoms with E-state index in [1.165, 1.54) is 6.42 Å². The van der Waals surface area contributed by atoms with E-state index in [9.17, 15) is 0 Å². The quantitative estimate of drug-likeness (QED) is 0.343. The van der Waals surface area contributed by atoms with Crippen molar-refractivity contribution in [2.45, 2.75) is 35.2 Å². The van der Waals surface area contributed by atoms with Crippen LogP contribution in [0.15, 0.2) is 0 Å². The Morgan fingerprint density at radius 2 is 2.00 bits per heavy atom. The summed E-state index contributed by atoms with van der Waals surface area (Å²) in [4.78, 5) is 0. The molecular formula is C6H15IN-. The van der Waals surface area contributed by atoms with Gasteiger partial charge in [-0.2, -0.15) is 0 Å². The van der Waals surface area contributed by atoms with Crippen molar-refractivity contribution in [2.75, 3.05) is 0 Å². The minimum absolute atomic E-state index is 0.280. The summed E-state index contributed by atoms with van der Waals surface area (Å²) in [5, 5.41) is 0. The van der Waals surface area contributed by atoms with E-state index in [1.807, 2.05) is 0 Å². The van der Waals surface area contributed by atoms with Gasteiger partial charge < -0.3 is 0 Å². The molecule has 52 valence electrons. The van der Waals surface area contributed by atoms with Crippen molar-refractivity contribution in [3.8, 4) is 0 Å². The third-order valence-electron chi connectivity index (χ3n) is 0.976. The van der Waals surface area contributed by atoms with Crippen LogP contribution in [0, 0.1) is 0 Å². The molecule has 2 atom stereocenters. The first-order chi connectivity index (χ1) is 3.66. The van der Waals surface area contributed by atoms with Crippen molar-refractivity contribution in [1.82, 2.24) is 0 Å². The summed E-state index contributed by atoms with van der Waals surface area (Å²) in [5.74, 6) is 0. The summed E-state index contributed by atoms with van der Waals surface area (Å²) in [6.45, 7) is 6.63. The van der Waals surface area contributed by atoms with Gasteiger partial charge in [-0.15, -0.1) is 0 Å². The number of nitrogens with two attached hydrogens (primary N) is 1. The van der Waals surface area contributed by atoms with E-state index in [2.05, 4.69) is 20.8 Å². The molecule has 0 aliphatic heterocycles. The maximum absolute atomic E-state index is 5.62. The molecule has 1 nitrogen and oxygen atoms in total. The second-order valence-electron chi connectivity index (χ2n) is 1.99. The number of alkyl halides is 2. The maximum atomic E-state index is 5.62. The van der Waals surface area contributed by atoms with Crippen LogP contribution in [0.5, 0.6) is 0 Å². The van der Waals surface area contributed by atoms with E-state index in [0.717, 1.165) is 3.92 Å². The van der Waals surface area contributed by atoms with Gasteiger partial charge in [0.1, 0.15) is 0 Å². The molecule has 0 saturated heterocycles. The molecule has 8 heavy (non-hydrogen) atoms. The van der Waals surface area contributed by atoms with E-state index in [4.69, 9.17) is 5.73 Å². The molecule has 2 N–H and O–H groups in total. The van der Waals surface area contributed by atoms with Crippen LogP contribution in [0.1, 0.15) is 27.2 Å². The third kappa shape index (κ3) is 4.84. The van der Waals surface area contributed by atoms with Crippen LogP contribution in [0.4, 0.5) is 0 Å². The molecule has 0 bridgehead atoms. The fourth-order valence-electron chi connectivity index (χ4n) is 0.428. The van der Waals surface area contributed by atoms with Crippen LogP contribution in [-0.2, 0) is 0 Å². The Bertz CT molecular complexity index is 54.5. The van der Waals surface area contributed by atoms with Crippen LogP contribution < -0.4 is 26.9 Å². The van der Waals surface area contributed by atoms with Crippen LogP contribution in [0.3, 0.4) is 0 Å². The van der Waals surface area contributed by atoms with Crippen LogP contribution in [0.2, 0.25) is 0 Å². The van der Waals surface area contributed by atoms with Gasteiger partial charge in [-0.1, -0.05) is 0 Å². The van der Waals surface area contributed by atoms with Crippen molar-refractivity contribution in [2.24, 2.45) is 5.73 Å². The van der Waals surface area contributed by atoms with E-state index in [1.54, 1.807) is 0 Å². The van der Waals surface area contributed by atoms with Gasteiger partial charge in [0.2, 0.25) is 0 Å². The Labute approximate surface area is 62.3 Å². The van der Waals surface area contributed by atoms with Crippen LogP contribution in [-0.4, -0.2) is 7.97 Å². The molecule has 2 unspecified atom stereocenters. The molecule has 0 fully saturated rings. The summed E-state index contributed by atoms with van der Waals surface area (Å²) in [7, 11) is 0. The summed E-state index contributed by atoms with van der Waals surface area (Å²) in [5.41, 5.74) is 5.62. The van der Waals surface area contributed by atoms with Gasteiger partial charge in [-0.05, 0) is 0 Å². The fourth-order valence-corrected chi connectivity index (χ4v) is 2.87. The van der Waals surface area contributed by atoms with E-state index in [-0.39, 0.29) is 21.2 Å². The van der Waals surface area contributed by atoms with Crippen molar-refractivity contribution >= 4 is 0 Å². The monoisotopic (exact) mass is 228 g/mol. The van der Waals surface area contributed by atoms with Crippen LogP contribution in [0.25, 0.3) is 0 Å². The SMILES string of the molecule is CCC(C)[I-]C(C)N. The fraction of sp³-hybridized carbons (Fsp3) is 1.00. The molecule has 0 amide bonds. The first kappa shape index (κ1) is 8.69. The van der Waals surface area contributed by atoms with Gasteiger partial charge in [0.05, 0.1) is 0 Å². The van der Waals surface area contributed by atoms with E-state index >= 15 is 0 Å². The molecular weight excluding hydrogens is 213 g/mol. The van der Waals surface area contributed by atoms with Gasteiger partial charge in [0.15, 0.2) is 0 Å². The Hall–Kier alpha value is 0.690. The number of hydrogen-bond acceptors (Lipinski definition) is 1. The molecule has 0 aromatic carbocycles. The number of halogens is 1. The van der Waals surface area contributed by atoms with E-state index < -0.39 is 0 Å². The average molecular weight is 228 g/mol. The van der Waals surface area contributed by atoms with Crippen molar-refractivity contribution in [3.63, 3.8) is 0 Å². The third-order valence-corrected chi connectivity index (χ3v) is 4.22. The van der Waals surface area contributed by atoms with Gasteiger partial charge >= 0.3 is 62.1 Å². The van der Waals surface area contributed by atoms with Crippen molar-refractivity contribution < 1.29 is 21.2 Å². The van der Waals surface area contributed by atoms with Crippen molar-refractivity contribution in [1.29, 1.82) is 0 Å². The molecule has 0 aromatic heterocycles. The zero-order valence-corrected chi connectivity index (χ0v) is 7.97. The number of hydrogen-bond donors (Lipinski definition) is 1. The van der Waals surface area contributed by atoms with Crippen molar-refractivity contribution in [3.05, 3.63) is 0 Å². The number of rotatable bonds is 3. The average Bonchev–Trinajstić information content (AvgIpc) is 1.65. The molecule has 0 aromatic rings. The topological polar surface area (TPSA) is 26.0 Å².